The number of rotatable bonds is 13. The molecule has 0 spiro atoms. The zero-order chi connectivity index (χ0) is 33.2. The van der Waals surface area contributed by atoms with E-state index in [-0.39, 0.29) is 47.8 Å². The number of cyclic esters (lactones) is 1. The maximum atomic E-state index is 13.9. The summed E-state index contributed by atoms with van der Waals surface area (Å²) in [6.45, 7) is 5.92. The molecule has 2 aromatic heterocycles. The number of unbranched alkanes of at least 4 members (excludes halogenated alkanes) is 2. The van der Waals surface area contributed by atoms with Crippen molar-refractivity contribution in [2.75, 3.05) is 13.2 Å². The Kier molecular flexibility index (Phi) is 9.57. The van der Waals surface area contributed by atoms with Crippen LogP contribution in [0.15, 0.2) is 29.1 Å². The lowest BCUT2D eigenvalue weighted by atomic mass is 9.85. The zero-order valence-electron chi connectivity index (χ0n) is 26.6. The van der Waals surface area contributed by atoms with Gasteiger partial charge in [0.25, 0.3) is 5.56 Å². The lowest BCUT2D eigenvalue weighted by Gasteiger charge is -2.35. The van der Waals surface area contributed by atoms with Crippen LogP contribution >= 0.6 is 0 Å². The second-order valence-corrected chi connectivity index (χ2v) is 11.7. The Morgan fingerprint density at radius 3 is 2.59 bits per heavy atom. The third kappa shape index (κ3) is 6.01. The van der Waals surface area contributed by atoms with Crippen molar-refractivity contribution >= 4 is 34.5 Å². The summed E-state index contributed by atoms with van der Waals surface area (Å²) in [5, 5.41) is 13.5. The van der Waals surface area contributed by atoms with Gasteiger partial charge in [-0.3, -0.25) is 14.4 Å². The Balaban J connectivity index is 1.39. The molecule has 4 heterocycles. The molecule has 244 valence electrons. The number of Topliss-reactive ketones (excluding diaryl/α,β-unsaturated/α-hetero) is 1. The van der Waals surface area contributed by atoms with Gasteiger partial charge in [-0.2, -0.15) is 0 Å². The zero-order valence-corrected chi connectivity index (χ0v) is 26.6. The van der Waals surface area contributed by atoms with E-state index in [4.69, 9.17) is 19.2 Å². The summed E-state index contributed by atoms with van der Waals surface area (Å²) in [6.07, 6.45) is 3.83. The van der Waals surface area contributed by atoms with E-state index in [2.05, 4.69) is 5.32 Å². The fourth-order valence-corrected chi connectivity index (χ4v) is 6.37. The highest BCUT2D eigenvalue weighted by Crippen LogP contribution is 2.42. The number of ketones is 1. The third-order valence-corrected chi connectivity index (χ3v) is 8.77. The first-order chi connectivity index (χ1) is 22.0. The van der Waals surface area contributed by atoms with Gasteiger partial charge in [0.1, 0.15) is 25.6 Å². The van der Waals surface area contributed by atoms with E-state index < -0.39 is 42.7 Å². The molecule has 2 aliphatic rings. The van der Waals surface area contributed by atoms with Crippen LogP contribution in [-0.2, 0) is 58.6 Å². The molecular formula is C34H39N3O9. The molecule has 3 aromatic rings. The normalized spacial score (nSPS) is 17.1. The number of aryl methyl sites for hydroxylation is 1. The quantitative estimate of drug-likeness (QED) is 0.164. The molecule has 1 amide bonds. The topological polar surface area (TPSA) is 163 Å². The second-order valence-electron chi connectivity index (χ2n) is 11.7. The van der Waals surface area contributed by atoms with E-state index in [0.717, 1.165) is 35.8 Å². The Labute approximate surface area is 266 Å². The number of esters is 2. The maximum Gasteiger partial charge on any atom is 0.355 e. The van der Waals surface area contributed by atoms with Crippen molar-refractivity contribution in [2.24, 2.45) is 0 Å². The van der Waals surface area contributed by atoms with Gasteiger partial charge in [-0.25, -0.2) is 14.6 Å². The fourth-order valence-electron chi connectivity index (χ4n) is 6.37. The molecule has 0 saturated carbocycles. The molecule has 0 bridgehead atoms. The number of aromatic hydroxyl groups is 1. The van der Waals surface area contributed by atoms with Gasteiger partial charge in [0.05, 0.1) is 35.1 Å². The van der Waals surface area contributed by atoms with Crippen molar-refractivity contribution in [3.05, 3.63) is 56.9 Å². The van der Waals surface area contributed by atoms with Gasteiger partial charge < -0.3 is 29.2 Å². The molecule has 0 fully saturated rings. The predicted octanol–water partition coefficient (Wildman–Crippen LogP) is 3.57. The summed E-state index contributed by atoms with van der Waals surface area (Å²) < 4.78 is 18.0. The van der Waals surface area contributed by atoms with Crippen LogP contribution in [0.2, 0.25) is 0 Å². The number of hydrogen-bond acceptors (Lipinski definition) is 10. The SMILES string of the molecule is CCCCCC(NC(=O)COCC(=O)O[C@]1(CC)C(=O)OCc2c1cc1n(c2=O)Cc2c-1nc1ccc(O)cc1c2CC)C(C)=O. The summed E-state index contributed by atoms with van der Waals surface area (Å²) in [5.41, 5.74) is 1.64. The first-order valence-corrected chi connectivity index (χ1v) is 15.7. The Morgan fingerprint density at radius 2 is 1.89 bits per heavy atom. The number of phenolic OH excluding ortho intramolecular Hbond substituents is 1. The molecule has 1 aromatic carbocycles. The van der Waals surface area contributed by atoms with Crippen molar-refractivity contribution in [3.63, 3.8) is 0 Å². The highest BCUT2D eigenvalue weighted by atomic mass is 16.6. The predicted molar refractivity (Wildman–Crippen MR) is 167 cm³/mol. The van der Waals surface area contributed by atoms with E-state index in [1.165, 1.54) is 6.92 Å². The Bertz CT molecular complexity index is 1780. The highest BCUT2D eigenvalue weighted by molar-refractivity contribution is 5.91. The van der Waals surface area contributed by atoms with Gasteiger partial charge >= 0.3 is 11.9 Å². The van der Waals surface area contributed by atoms with Crippen LogP contribution in [0, 0.1) is 0 Å². The molecule has 46 heavy (non-hydrogen) atoms. The molecule has 0 aliphatic carbocycles. The van der Waals surface area contributed by atoms with E-state index >= 15 is 0 Å². The van der Waals surface area contributed by atoms with Crippen LogP contribution in [0.4, 0.5) is 0 Å². The highest BCUT2D eigenvalue weighted by Gasteiger charge is 2.50. The van der Waals surface area contributed by atoms with Crippen molar-refractivity contribution in [3.8, 4) is 17.1 Å². The molecule has 12 heteroatoms. The lowest BCUT2D eigenvalue weighted by molar-refractivity contribution is -0.192. The van der Waals surface area contributed by atoms with Crippen LogP contribution in [-0.4, -0.2) is 57.5 Å². The number of aromatic nitrogens is 2. The number of nitrogens with one attached hydrogen (secondary N) is 1. The fraction of sp³-hybridized carbons (Fsp3) is 0.471. The van der Waals surface area contributed by atoms with Gasteiger partial charge in [0.15, 0.2) is 5.78 Å². The van der Waals surface area contributed by atoms with Crippen molar-refractivity contribution in [1.29, 1.82) is 0 Å². The van der Waals surface area contributed by atoms with Gasteiger partial charge in [-0.05, 0) is 56.0 Å². The van der Waals surface area contributed by atoms with Crippen LogP contribution < -0.4 is 10.9 Å². The smallest absolute Gasteiger partial charge is 0.355 e. The number of nitrogens with zero attached hydrogens (tertiary/aromatic N) is 2. The summed E-state index contributed by atoms with van der Waals surface area (Å²) in [6, 6.07) is 5.96. The maximum absolute atomic E-state index is 13.9. The minimum atomic E-state index is -1.91. The van der Waals surface area contributed by atoms with Crippen molar-refractivity contribution in [1.82, 2.24) is 14.9 Å². The van der Waals surface area contributed by atoms with Crippen LogP contribution in [0.1, 0.15) is 82.1 Å². The molecule has 0 radical (unpaired) electrons. The molecule has 5 rings (SSSR count). The molecule has 2 N–H and O–H groups in total. The Morgan fingerprint density at radius 1 is 1.11 bits per heavy atom. The third-order valence-electron chi connectivity index (χ3n) is 8.77. The number of pyridine rings is 2. The summed E-state index contributed by atoms with van der Waals surface area (Å²) >= 11 is 0. The van der Waals surface area contributed by atoms with E-state index in [1.807, 2.05) is 13.8 Å². The molecule has 0 saturated heterocycles. The number of amides is 1. The summed E-state index contributed by atoms with van der Waals surface area (Å²) in [7, 11) is 0. The van der Waals surface area contributed by atoms with Crippen molar-refractivity contribution < 1.29 is 38.5 Å². The summed E-state index contributed by atoms with van der Waals surface area (Å²) in [4.78, 5) is 69.4. The summed E-state index contributed by atoms with van der Waals surface area (Å²) in [5.74, 6) is -2.35. The molecule has 2 atom stereocenters. The first kappa shape index (κ1) is 32.8. The van der Waals surface area contributed by atoms with Gasteiger partial charge in [-0.1, -0.05) is 40.0 Å². The standard InChI is InChI=1S/C34H39N3O9/c1-5-8-9-10-26(19(4)38)35-29(40)17-44-18-30(41)46-34(7-3)25-14-28-31-23(15-37(28)32(42)24(25)16-45-33(34)43)21(6-2)22-13-20(39)11-12-27(22)36-31/h11-14,26,39H,5-10,15-18H2,1-4H3,(H,35,40)/t26?,34-/m0/s1. The average molecular weight is 634 g/mol. The van der Waals surface area contributed by atoms with Crippen LogP contribution in [0.5, 0.6) is 5.75 Å². The largest absolute Gasteiger partial charge is 0.508 e. The monoisotopic (exact) mass is 633 g/mol. The number of carbonyl (C=O) groups is 4. The molecule has 12 nitrogen and oxygen atoms in total. The van der Waals surface area contributed by atoms with Crippen LogP contribution in [0.3, 0.4) is 0 Å². The van der Waals surface area contributed by atoms with E-state index in [1.54, 1.807) is 35.8 Å². The minimum absolute atomic E-state index is 0.0243. The number of ether oxygens (including phenoxy) is 3. The molecule has 2 aliphatic heterocycles. The number of hydrogen-bond donors (Lipinski definition) is 2. The lowest BCUT2D eigenvalue weighted by Crippen LogP contribution is -2.48. The Hall–Kier alpha value is -4.58. The average Bonchev–Trinajstić information content (AvgIpc) is 3.39. The van der Waals surface area contributed by atoms with Gasteiger partial charge in [0, 0.05) is 16.5 Å². The second kappa shape index (κ2) is 13.4. The van der Waals surface area contributed by atoms with E-state index in [9.17, 15) is 29.1 Å². The number of benzene rings is 1. The number of phenols is 1. The number of fused-ring (bicyclic) bond motifs is 5. The van der Waals surface area contributed by atoms with Crippen LogP contribution in [0.25, 0.3) is 22.3 Å². The minimum Gasteiger partial charge on any atom is -0.508 e. The van der Waals surface area contributed by atoms with Crippen molar-refractivity contribution in [2.45, 2.75) is 91.0 Å². The molecular weight excluding hydrogens is 594 g/mol. The first-order valence-electron chi connectivity index (χ1n) is 15.7. The molecule has 1 unspecified atom stereocenters. The van der Waals surface area contributed by atoms with Gasteiger partial charge in [-0.15, -0.1) is 0 Å². The number of carbonyl (C=O) groups excluding carboxylic acids is 4. The van der Waals surface area contributed by atoms with E-state index in [0.29, 0.717) is 29.7 Å². The van der Waals surface area contributed by atoms with Gasteiger partial charge in [0.2, 0.25) is 11.5 Å².